The Balaban J connectivity index is 2.41. The number of aryl methyl sites for hydroxylation is 1. The first-order valence-corrected chi connectivity index (χ1v) is 7.08. The molecule has 0 radical (unpaired) electrons. The molecule has 1 aromatic carbocycles. The van der Waals surface area contributed by atoms with Crippen LogP contribution in [0.15, 0.2) is 24.3 Å². The topological polar surface area (TPSA) is 38.3 Å². The third-order valence-corrected chi connectivity index (χ3v) is 3.00. The zero-order valence-corrected chi connectivity index (χ0v) is 12.2. The van der Waals surface area contributed by atoms with E-state index >= 15 is 0 Å². The highest BCUT2D eigenvalue weighted by atomic mass is 16.5. The third-order valence-electron chi connectivity index (χ3n) is 3.00. The van der Waals surface area contributed by atoms with Crippen LogP contribution in [0.5, 0.6) is 5.75 Å². The first kappa shape index (κ1) is 15.7. The van der Waals surface area contributed by atoms with Crippen molar-refractivity contribution < 1.29 is 9.53 Å². The number of ketones is 1. The Kier molecular flexibility index (Phi) is 7.19. The fraction of sp³-hybridized carbons (Fsp3) is 0.562. The van der Waals surface area contributed by atoms with E-state index in [0.29, 0.717) is 18.8 Å². The zero-order chi connectivity index (χ0) is 14.1. The molecule has 0 fully saturated rings. The maximum atomic E-state index is 11.6. The highest BCUT2D eigenvalue weighted by molar-refractivity contribution is 5.80. The van der Waals surface area contributed by atoms with Crippen molar-refractivity contribution in [1.29, 1.82) is 0 Å². The minimum Gasteiger partial charge on any atom is -0.492 e. The summed E-state index contributed by atoms with van der Waals surface area (Å²) in [6.45, 7) is 8.45. The summed E-state index contributed by atoms with van der Waals surface area (Å²) in [6, 6.07) is 8.02. The maximum absolute atomic E-state index is 11.6. The zero-order valence-electron chi connectivity index (χ0n) is 12.2. The number of hydrogen-bond acceptors (Lipinski definition) is 3. The average molecular weight is 263 g/mol. The van der Waals surface area contributed by atoms with Crippen LogP contribution >= 0.6 is 0 Å². The molecule has 0 aliphatic carbocycles. The molecule has 1 N–H and O–H groups in total. The quantitative estimate of drug-likeness (QED) is 0.696. The minimum atomic E-state index is 0.125. The summed E-state index contributed by atoms with van der Waals surface area (Å²) in [5.74, 6) is 1.32. The van der Waals surface area contributed by atoms with Gasteiger partial charge < -0.3 is 10.1 Å². The highest BCUT2D eigenvalue weighted by Gasteiger charge is 2.07. The van der Waals surface area contributed by atoms with Crippen molar-refractivity contribution in [3.8, 4) is 5.75 Å². The van der Waals surface area contributed by atoms with Crippen molar-refractivity contribution in [2.75, 3.05) is 19.7 Å². The van der Waals surface area contributed by atoms with Crippen LogP contribution in [0.25, 0.3) is 0 Å². The second-order valence-electron chi connectivity index (χ2n) is 4.97. The van der Waals surface area contributed by atoms with Gasteiger partial charge in [-0.15, -0.1) is 0 Å². The van der Waals surface area contributed by atoms with Crippen molar-refractivity contribution in [3.63, 3.8) is 0 Å². The Labute approximate surface area is 116 Å². The van der Waals surface area contributed by atoms with Crippen molar-refractivity contribution >= 4 is 5.78 Å². The molecule has 1 rings (SSSR count). The molecule has 0 aromatic heterocycles. The van der Waals surface area contributed by atoms with Crippen LogP contribution in [0.2, 0.25) is 0 Å². The Morgan fingerprint density at radius 2 is 2.16 bits per heavy atom. The molecule has 0 aliphatic heterocycles. The number of carbonyl (C=O) groups is 1. The van der Waals surface area contributed by atoms with Gasteiger partial charge in [-0.3, -0.25) is 4.79 Å². The lowest BCUT2D eigenvalue weighted by Crippen LogP contribution is -2.20. The average Bonchev–Trinajstić information content (AvgIpc) is 2.41. The largest absolute Gasteiger partial charge is 0.492 e. The van der Waals surface area contributed by atoms with Crippen molar-refractivity contribution in [2.24, 2.45) is 5.92 Å². The number of Topliss-reactive ketones (excluding diaryl/α,β-unsaturated/α-hetero) is 1. The van der Waals surface area contributed by atoms with E-state index in [0.717, 1.165) is 30.8 Å². The number of rotatable bonds is 9. The van der Waals surface area contributed by atoms with Gasteiger partial charge in [0.15, 0.2) is 0 Å². The Morgan fingerprint density at radius 1 is 1.37 bits per heavy atom. The highest BCUT2D eigenvalue weighted by Crippen LogP contribution is 2.15. The van der Waals surface area contributed by atoms with Crippen LogP contribution in [0.3, 0.4) is 0 Å². The molecule has 0 aliphatic rings. The van der Waals surface area contributed by atoms with Crippen molar-refractivity contribution in [2.45, 2.75) is 33.6 Å². The van der Waals surface area contributed by atoms with E-state index in [-0.39, 0.29) is 5.92 Å². The lowest BCUT2D eigenvalue weighted by molar-refractivity contribution is -0.121. The minimum absolute atomic E-state index is 0.125. The first-order chi connectivity index (χ1) is 9.13. The van der Waals surface area contributed by atoms with Gasteiger partial charge in [-0.05, 0) is 30.7 Å². The molecular formula is C16H25NO2. The lowest BCUT2D eigenvalue weighted by atomic mass is 10.0. The van der Waals surface area contributed by atoms with E-state index < -0.39 is 0 Å². The first-order valence-electron chi connectivity index (χ1n) is 7.08. The van der Waals surface area contributed by atoms with Gasteiger partial charge in [-0.1, -0.05) is 32.9 Å². The van der Waals surface area contributed by atoms with E-state index in [9.17, 15) is 4.79 Å². The Hall–Kier alpha value is -1.35. The van der Waals surface area contributed by atoms with Crippen LogP contribution in [0, 0.1) is 5.92 Å². The molecule has 0 saturated heterocycles. The van der Waals surface area contributed by atoms with Crippen LogP contribution < -0.4 is 10.1 Å². The maximum Gasteiger partial charge on any atom is 0.135 e. The van der Waals surface area contributed by atoms with Gasteiger partial charge in [0.05, 0.1) is 0 Å². The van der Waals surface area contributed by atoms with E-state index in [1.807, 2.05) is 38.1 Å². The second-order valence-corrected chi connectivity index (χ2v) is 4.97. The molecule has 1 aromatic rings. The summed E-state index contributed by atoms with van der Waals surface area (Å²) < 4.78 is 5.66. The molecule has 0 atom stereocenters. The Bertz CT molecular complexity index is 388. The number of nitrogens with one attached hydrogen (secondary N) is 1. The number of likely N-dealkylation sites (N-methyl/N-ethyl adjacent to an activating group) is 1. The van der Waals surface area contributed by atoms with Crippen LogP contribution in [-0.2, 0) is 11.2 Å². The molecule has 0 amide bonds. The van der Waals surface area contributed by atoms with Gasteiger partial charge in [-0.25, -0.2) is 0 Å². The van der Waals surface area contributed by atoms with Crippen molar-refractivity contribution in [1.82, 2.24) is 5.32 Å². The van der Waals surface area contributed by atoms with Gasteiger partial charge >= 0.3 is 0 Å². The van der Waals surface area contributed by atoms with E-state index in [1.165, 1.54) is 0 Å². The fourth-order valence-electron chi connectivity index (χ4n) is 1.76. The van der Waals surface area contributed by atoms with E-state index in [1.54, 1.807) is 0 Å². The van der Waals surface area contributed by atoms with Gasteiger partial charge in [0.25, 0.3) is 0 Å². The molecule has 3 nitrogen and oxygen atoms in total. The molecule has 0 saturated carbocycles. The van der Waals surface area contributed by atoms with Crippen LogP contribution in [0.4, 0.5) is 0 Å². The molecule has 0 unspecified atom stereocenters. The monoisotopic (exact) mass is 263 g/mol. The summed E-state index contributed by atoms with van der Waals surface area (Å²) in [4.78, 5) is 11.6. The second kappa shape index (κ2) is 8.70. The van der Waals surface area contributed by atoms with Gasteiger partial charge in [-0.2, -0.15) is 0 Å². The normalized spacial score (nSPS) is 10.7. The van der Waals surface area contributed by atoms with Crippen LogP contribution in [-0.4, -0.2) is 25.5 Å². The van der Waals surface area contributed by atoms with Crippen molar-refractivity contribution in [3.05, 3.63) is 29.8 Å². The molecule has 0 spiro atoms. The van der Waals surface area contributed by atoms with Crippen LogP contribution in [0.1, 0.15) is 32.8 Å². The molecule has 106 valence electrons. The lowest BCUT2D eigenvalue weighted by Gasteiger charge is -2.09. The number of ether oxygens (including phenoxy) is 1. The molecule has 0 bridgehead atoms. The summed E-state index contributed by atoms with van der Waals surface area (Å²) in [6.07, 6.45) is 1.40. The van der Waals surface area contributed by atoms with Gasteiger partial charge in [0, 0.05) is 18.9 Å². The molecule has 19 heavy (non-hydrogen) atoms. The predicted octanol–water partition coefficient (Wildman–Crippen LogP) is 2.83. The predicted molar refractivity (Wildman–Crippen MR) is 78.6 cm³/mol. The fourth-order valence-corrected chi connectivity index (χ4v) is 1.76. The summed E-state index contributed by atoms with van der Waals surface area (Å²) in [5, 5.41) is 3.22. The van der Waals surface area contributed by atoms with Gasteiger partial charge in [0.1, 0.15) is 18.1 Å². The summed E-state index contributed by atoms with van der Waals surface area (Å²) >= 11 is 0. The Morgan fingerprint density at radius 3 is 2.84 bits per heavy atom. The summed E-state index contributed by atoms with van der Waals surface area (Å²) in [5.41, 5.74) is 1.16. The van der Waals surface area contributed by atoms with Gasteiger partial charge in [0.2, 0.25) is 0 Å². The number of carbonyl (C=O) groups excluding carboxylic acids is 1. The number of hydrogen-bond donors (Lipinski definition) is 1. The smallest absolute Gasteiger partial charge is 0.135 e. The SMILES string of the molecule is CCNCCOc1cccc(CCC(=O)C(C)C)c1. The van der Waals surface area contributed by atoms with E-state index in [4.69, 9.17) is 4.74 Å². The number of benzene rings is 1. The molecular weight excluding hydrogens is 238 g/mol. The molecule has 3 heteroatoms. The standard InChI is InChI=1S/C16H25NO2/c1-4-17-10-11-19-15-7-5-6-14(12-15)8-9-16(18)13(2)3/h5-7,12-13,17H,4,8-11H2,1-3H3. The third kappa shape index (κ3) is 6.39. The molecule has 0 heterocycles. The van der Waals surface area contributed by atoms with E-state index in [2.05, 4.69) is 12.2 Å². The summed E-state index contributed by atoms with van der Waals surface area (Å²) in [7, 11) is 0.